The van der Waals surface area contributed by atoms with Gasteiger partial charge in [0.1, 0.15) is 36.3 Å². The van der Waals surface area contributed by atoms with E-state index in [9.17, 15) is 116 Å². The molecule has 2 aliphatic rings. The lowest BCUT2D eigenvalue weighted by Crippen LogP contribution is -2.58. The van der Waals surface area contributed by atoms with Crippen LogP contribution in [0, 0.1) is 0 Å². The van der Waals surface area contributed by atoms with Gasteiger partial charge in [0, 0.05) is 86.4 Å². The topological polar surface area (TPSA) is 539 Å². The van der Waals surface area contributed by atoms with E-state index in [2.05, 4.69) is 62.8 Å². The van der Waals surface area contributed by atoms with Crippen molar-refractivity contribution in [1.82, 2.24) is 36.0 Å². The fourth-order valence-electron chi connectivity index (χ4n) is 13.8. The van der Waals surface area contributed by atoms with E-state index < -0.39 is 181 Å². The summed E-state index contributed by atoms with van der Waals surface area (Å²) < 4.78 is 61.0. The summed E-state index contributed by atoms with van der Waals surface area (Å²) in [4.78, 5) is 165. The molecule has 2 aromatic rings. The van der Waals surface area contributed by atoms with Crippen LogP contribution in [0.1, 0.15) is 162 Å². The monoisotopic (exact) mass is 1670 g/mol. The number of ether oxygens (including phenoxy) is 4. The third kappa shape index (κ3) is 34.6. The van der Waals surface area contributed by atoms with Crippen LogP contribution in [0.2, 0.25) is 0 Å². The number of anilines is 1. The zero-order valence-electron chi connectivity index (χ0n) is 67.7. The Morgan fingerprint density at radius 3 is 1.35 bits per heavy atom. The number of nitrogens with one attached hydrogen (secondary N) is 4. The van der Waals surface area contributed by atoms with E-state index in [4.69, 9.17) is 18.9 Å². The Bertz CT molecular complexity index is 3910. The molecule has 3 unspecified atom stereocenters. The number of aliphatic carboxylic acids is 8. The summed E-state index contributed by atoms with van der Waals surface area (Å²) in [6.45, 7) is 6.50. The first-order chi connectivity index (χ1) is 54.9. The summed E-state index contributed by atoms with van der Waals surface area (Å²) in [6.07, 6.45) is 11.0. The lowest BCUT2D eigenvalue weighted by molar-refractivity contribution is -0.401. The van der Waals surface area contributed by atoms with Crippen LogP contribution in [0.15, 0.2) is 83.4 Å². The van der Waals surface area contributed by atoms with E-state index in [1.165, 1.54) is 17.7 Å². The van der Waals surface area contributed by atoms with Gasteiger partial charge in [-0.25, -0.2) is 0 Å². The van der Waals surface area contributed by atoms with Gasteiger partial charge in [-0.15, -0.1) is 0 Å². The van der Waals surface area contributed by atoms with Crippen LogP contribution in [0.4, 0.5) is 11.4 Å². The largest absolute Gasteiger partial charge is 0.480 e. The van der Waals surface area contributed by atoms with E-state index in [-0.39, 0.29) is 133 Å². The summed E-state index contributed by atoms with van der Waals surface area (Å²) in [6, 6.07) is 8.45. The van der Waals surface area contributed by atoms with E-state index in [1.54, 1.807) is 26.8 Å². The molecule has 2 heterocycles. The predicted molar refractivity (Wildman–Crippen MR) is 423 cm³/mol. The molecule has 0 bridgehead atoms. The van der Waals surface area contributed by atoms with Crippen LogP contribution in [-0.4, -0.2) is 298 Å². The first kappa shape index (κ1) is 99.3. The number of benzene rings is 2. The third-order valence-corrected chi connectivity index (χ3v) is 20.2. The number of para-hydroxylation sites is 1. The van der Waals surface area contributed by atoms with Gasteiger partial charge in [0.15, 0.2) is 5.71 Å². The third-order valence-electron chi connectivity index (χ3n) is 19.4. The zero-order chi connectivity index (χ0) is 87.4. The predicted octanol–water partition coefficient (Wildman–Crippen LogP) is 4.26. The average molecular weight is 1670 g/mol. The Hall–Kier alpha value is -10.1. The number of esters is 1. The normalized spacial score (nSPS) is 15.4. The summed E-state index contributed by atoms with van der Waals surface area (Å²) >= 11 is 0. The Labute approximate surface area is 680 Å². The van der Waals surface area contributed by atoms with Crippen molar-refractivity contribution in [3.63, 3.8) is 0 Å². The molecule has 4 amide bonds. The van der Waals surface area contributed by atoms with Gasteiger partial charge in [-0.3, -0.25) is 81.6 Å². The van der Waals surface area contributed by atoms with Crippen LogP contribution in [-0.2, 0) is 102 Å². The molecule has 0 fully saturated rings. The first-order valence-electron chi connectivity index (χ1n) is 38.6. The molecule has 650 valence electrons. The number of amides is 4. The van der Waals surface area contributed by atoms with Crippen molar-refractivity contribution in [1.29, 1.82) is 0 Å². The maximum absolute atomic E-state index is 14.5. The number of rotatable bonds is 59. The Morgan fingerprint density at radius 1 is 0.513 bits per heavy atom. The second-order valence-electron chi connectivity index (χ2n) is 30.7. The van der Waals surface area contributed by atoms with Crippen molar-refractivity contribution < 1.29 is 140 Å². The van der Waals surface area contributed by atoms with Gasteiger partial charge in [0.05, 0.1) is 89.2 Å². The van der Waals surface area contributed by atoms with Crippen LogP contribution >= 0.6 is 0 Å². The number of hydrogen-bond acceptors (Lipinski definition) is 23. The molecule has 0 aromatic heterocycles. The highest BCUT2D eigenvalue weighted by Gasteiger charge is 2.44. The molecule has 3 atom stereocenters. The van der Waals surface area contributed by atoms with Crippen LogP contribution in [0.5, 0.6) is 0 Å². The molecule has 2 aromatic carbocycles. The van der Waals surface area contributed by atoms with Crippen LogP contribution in [0.3, 0.4) is 0 Å². The maximum atomic E-state index is 14.5. The number of hydrogen-bond donors (Lipinski definition) is 13. The second-order valence-corrected chi connectivity index (χ2v) is 32.2. The Balaban J connectivity index is 1.58. The van der Waals surface area contributed by atoms with Gasteiger partial charge >= 0.3 is 53.7 Å². The number of carboxylic acids is 8. The van der Waals surface area contributed by atoms with Gasteiger partial charge in [0.2, 0.25) is 29.3 Å². The van der Waals surface area contributed by atoms with Crippen molar-refractivity contribution in [2.24, 2.45) is 0 Å². The van der Waals surface area contributed by atoms with Crippen LogP contribution in [0.25, 0.3) is 0 Å². The molecular weight excluding hydrogens is 1550 g/mol. The molecule has 13 N–H and O–H groups in total. The van der Waals surface area contributed by atoms with Crippen molar-refractivity contribution in [3.8, 4) is 0 Å². The quantitative estimate of drug-likeness (QED) is 0.0145. The van der Waals surface area contributed by atoms with Gasteiger partial charge in [-0.1, -0.05) is 56.7 Å². The van der Waals surface area contributed by atoms with Crippen molar-refractivity contribution in [2.45, 2.75) is 196 Å². The van der Waals surface area contributed by atoms with Gasteiger partial charge in [-0.2, -0.15) is 13.0 Å². The molecule has 2 aliphatic heterocycles. The summed E-state index contributed by atoms with van der Waals surface area (Å²) in [7, 11) is -2.57. The Morgan fingerprint density at radius 2 is 0.940 bits per heavy atom. The van der Waals surface area contributed by atoms with E-state index in [0.29, 0.717) is 37.1 Å². The molecule has 0 saturated heterocycles. The van der Waals surface area contributed by atoms with E-state index >= 15 is 0 Å². The SMILES string of the molecule is C[N+]1=C(/C=C/C=C/C=C2/N(CCCCCC(=O)NC(COCCC(=O)NCCCCC(C(=O)O)N(CC(=O)O)CC(=O)O)(COCCC(=O)NCCCCC(C(=O)O)N(CC(=O)O)CC(=O)O)COCCC(=O)NCCCCC(C(=O)OC(C)(C)C)N(CC(=O)O)CC(=O)O)c3ccc(S(=O)(=O)O)cc3C2(C)C)C(C)(C)c2ccccc21. The number of fused-ring (bicyclic) bond motifs is 2. The number of carboxylic acid groups (broad SMARTS) is 8. The summed E-state index contributed by atoms with van der Waals surface area (Å²) in [5.41, 5.74) is 1.91. The fraction of sp³-hybridized carbons (Fsp3) is 0.595. The molecule has 0 radical (unpaired) electrons. The minimum absolute atomic E-state index is 0.0249. The smallest absolute Gasteiger partial charge is 0.323 e. The minimum Gasteiger partial charge on any atom is -0.480 e. The summed E-state index contributed by atoms with van der Waals surface area (Å²) in [5.74, 6) is -14.3. The molecule has 117 heavy (non-hydrogen) atoms. The van der Waals surface area contributed by atoms with Crippen molar-refractivity contribution >= 4 is 105 Å². The maximum Gasteiger partial charge on any atom is 0.323 e. The molecule has 37 nitrogen and oxygen atoms in total. The Kier molecular flexibility index (Phi) is 40.7. The molecule has 0 saturated carbocycles. The molecule has 38 heteroatoms. The highest BCUT2D eigenvalue weighted by Crippen LogP contribution is 2.49. The van der Waals surface area contributed by atoms with Gasteiger partial charge in [0.25, 0.3) is 10.1 Å². The lowest BCUT2D eigenvalue weighted by atomic mass is 9.81. The number of allylic oxidation sites excluding steroid dienone is 6. The van der Waals surface area contributed by atoms with Crippen molar-refractivity contribution in [3.05, 3.63) is 89.7 Å². The molecular formula is C79H116N9O28S+. The first-order valence-corrected chi connectivity index (χ1v) is 40.0. The standard InChI is InChI=1S/C79H115N9O28S/c1-76(2,3)116-75(109)60(87(48-71(101)102)49-72(103)104)27-18-21-38-82-65(91)35-42-115-52-79(50-113-40-33-63(89)80-36-19-16-25-58(73(105)106)85(44-67(93)94)45-68(95)96,51-114-41-34-64(90)81-37-20-17-26-59(74(107)108)86(46-69(97)98)47-70(99)100)83-66(92)30-13-10-22-39-88-57-32-31-53(117(110,111)112)43-55(57)78(6,7)62(88)29-12-9-11-28-61-77(4,5)54-23-14-15-24-56(54)84(61)8/h9,11-12,14-15,23-24,28-29,31-32,43,58-60H,10,13,16-22,25-27,30,33-42,44-52H2,1-8H3,(H12-,80,81,82,83,89,90,91,92,93,94,95,96,97,98,99,100,101,102,103,104,105,106,107,108,110,111,112)/p+1. The van der Waals surface area contributed by atoms with E-state index in [1.807, 2.05) is 57.3 Å². The minimum atomic E-state index is -4.59. The lowest BCUT2D eigenvalue weighted by Gasteiger charge is -2.34. The van der Waals surface area contributed by atoms with Crippen molar-refractivity contribution in [2.75, 3.05) is 117 Å². The molecule has 4 rings (SSSR count). The number of nitrogens with zero attached hydrogens (tertiary/aromatic N) is 5. The molecule has 0 aliphatic carbocycles. The summed E-state index contributed by atoms with van der Waals surface area (Å²) in [5, 5.41) is 87.0. The zero-order valence-corrected chi connectivity index (χ0v) is 68.5. The average Bonchev–Trinajstić information content (AvgIpc) is 1.59. The van der Waals surface area contributed by atoms with Gasteiger partial charge < -0.3 is 86.0 Å². The van der Waals surface area contributed by atoms with E-state index in [0.717, 1.165) is 31.8 Å². The number of carbonyl (C=O) groups excluding carboxylic acids is 5. The number of unbranched alkanes of at least 4 members (excludes halogenated alkanes) is 5. The highest BCUT2D eigenvalue weighted by molar-refractivity contribution is 7.85. The van der Waals surface area contributed by atoms with Gasteiger partial charge in [-0.05, 0) is 135 Å². The fourth-order valence-corrected chi connectivity index (χ4v) is 14.3. The van der Waals surface area contributed by atoms with Crippen LogP contribution < -0.4 is 26.2 Å². The second kappa shape index (κ2) is 48.0. The molecule has 0 spiro atoms. The highest BCUT2D eigenvalue weighted by atomic mass is 32.2. The number of carbonyl (C=O) groups is 13.